The highest BCUT2D eigenvalue weighted by atomic mass is 19.1. The first-order chi connectivity index (χ1) is 14.8. The van der Waals surface area contributed by atoms with Crippen molar-refractivity contribution in [2.75, 3.05) is 0 Å². The molecule has 2 aromatic carbocycles. The average Bonchev–Trinajstić information content (AvgIpc) is 2.77. The van der Waals surface area contributed by atoms with Crippen molar-refractivity contribution in [1.82, 2.24) is 10.3 Å². The van der Waals surface area contributed by atoms with E-state index in [9.17, 15) is 4.39 Å². The molecule has 1 unspecified atom stereocenters. The van der Waals surface area contributed by atoms with E-state index >= 15 is 0 Å². The number of allylic oxidation sites excluding steroid dienone is 2. The lowest BCUT2D eigenvalue weighted by molar-refractivity contribution is 0.628. The van der Waals surface area contributed by atoms with Gasteiger partial charge >= 0.3 is 0 Å². The molecular formula is C28H31FN2. The van der Waals surface area contributed by atoms with Gasteiger partial charge in [-0.2, -0.15) is 0 Å². The average molecular weight is 415 g/mol. The SMILES string of the molecule is C=C(/C(=C/C(C)C)NC(c1ccccc1)c1cccc(-c2ccc(F)cc2)n1)C(C)C. The zero-order valence-corrected chi connectivity index (χ0v) is 18.8. The first kappa shape index (κ1) is 22.5. The van der Waals surface area contributed by atoms with Gasteiger partial charge in [0.2, 0.25) is 0 Å². The predicted octanol–water partition coefficient (Wildman–Crippen LogP) is 7.32. The van der Waals surface area contributed by atoms with E-state index in [1.165, 1.54) is 12.1 Å². The fraction of sp³-hybridized carbons (Fsp3) is 0.250. The van der Waals surface area contributed by atoms with Crippen molar-refractivity contribution in [1.29, 1.82) is 0 Å². The molecule has 0 aliphatic heterocycles. The van der Waals surface area contributed by atoms with E-state index in [0.717, 1.165) is 33.8 Å². The molecule has 31 heavy (non-hydrogen) atoms. The fourth-order valence-corrected chi connectivity index (χ4v) is 3.41. The van der Waals surface area contributed by atoms with Crippen LogP contribution >= 0.6 is 0 Å². The first-order valence-electron chi connectivity index (χ1n) is 10.8. The Balaban J connectivity index is 2.05. The summed E-state index contributed by atoms with van der Waals surface area (Å²) in [5.74, 6) is 0.458. The summed E-state index contributed by atoms with van der Waals surface area (Å²) in [5, 5.41) is 3.73. The Labute approximate surface area is 185 Å². The molecule has 0 saturated heterocycles. The molecule has 0 saturated carbocycles. The highest BCUT2D eigenvalue weighted by Crippen LogP contribution is 2.28. The van der Waals surface area contributed by atoms with E-state index in [-0.39, 0.29) is 11.9 Å². The largest absolute Gasteiger partial charge is 0.373 e. The summed E-state index contributed by atoms with van der Waals surface area (Å²) in [6, 6.07) is 22.6. The number of nitrogens with one attached hydrogen (secondary N) is 1. The summed E-state index contributed by atoms with van der Waals surface area (Å²) >= 11 is 0. The van der Waals surface area contributed by atoms with Crippen LogP contribution in [-0.2, 0) is 0 Å². The smallest absolute Gasteiger partial charge is 0.123 e. The lowest BCUT2D eigenvalue weighted by Gasteiger charge is -2.25. The number of hydrogen-bond donors (Lipinski definition) is 1. The maximum atomic E-state index is 13.4. The highest BCUT2D eigenvalue weighted by Gasteiger charge is 2.19. The normalized spacial score (nSPS) is 12.8. The van der Waals surface area contributed by atoms with Gasteiger partial charge in [0.15, 0.2) is 0 Å². The summed E-state index contributed by atoms with van der Waals surface area (Å²) in [6.45, 7) is 13.0. The molecular weight excluding hydrogens is 383 g/mol. The van der Waals surface area contributed by atoms with Gasteiger partial charge < -0.3 is 5.32 Å². The van der Waals surface area contributed by atoms with Gasteiger partial charge in [0, 0.05) is 11.3 Å². The minimum Gasteiger partial charge on any atom is -0.373 e. The molecule has 0 bridgehead atoms. The predicted molar refractivity (Wildman–Crippen MR) is 128 cm³/mol. The van der Waals surface area contributed by atoms with Gasteiger partial charge in [-0.05, 0) is 59.4 Å². The molecule has 0 amide bonds. The summed E-state index contributed by atoms with van der Waals surface area (Å²) < 4.78 is 13.4. The number of hydrogen-bond acceptors (Lipinski definition) is 2. The molecule has 3 heteroatoms. The molecule has 0 aliphatic carbocycles. The van der Waals surface area contributed by atoms with Gasteiger partial charge in [-0.1, -0.05) is 76.7 Å². The van der Waals surface area contributed by atoms with Crippen molar-refractivity contribution in [2.45, 2.75) is 33.7 Å². The summed E-state index contributed by atoms with van der Waals surface area (Å²) in [6.07, 6.45) is 2.22. The third-order valence-electron chi connectivity index (χ3n) is 5.18. The number of nitrogens with zero attached hydrogens (tertiary/aromatic N) is 1. The zero-order chi connectivity index (χ0) is 22.4. The Bertz CT molecular complexity index is 1030. The summed E-state index contributed by atoms with van der Waals surface area (Å²) in [7, 11) is 0. The molecule has 2 nitrogen and oxygen atoms in total. The summed E-state index contributed by atoms with van der Waals surface area (Å²) in [4.78, 5) is 4.94. The van der Waals surface area contributed by atoms with E-state index in [2.05, 4.69) is 57.8 Å². The Hall–Kier alpha value is -3.20. The molecule has 0 aliphatic rings. The van der Waals surface area contributed by atoms with Gasteiger partial charge in [-0.25, -0.2) is 4.39 Å². The van der Waals surface area contributed by atoms with Crippen molar-refractivity contribution in [2.24, 2.45) is 11.8 Å². The van der Waals surface area contributed by atoms with Crippen molar-refractivity contribution in [3.05, 3.63) is 114 Å². The minimum atomic E-state index is -0.251. The van der Waals surface area contributed by atoms with Crippen LogP contribution in [-0.4, -0.2) is 4.98 Å². The van der Waals surface area contributed by atoms with Crippen LogP contribution in [0, 0.1) is 17.7 Å². The number of halogens is 1. The van der Waals surface area contributed by atoms with Crippen LogP contribution in [0.15, 0.2) is 96.7 Å². The fourth-order valence-electron chi connectivity index (χ4n) is 3.41. The molecule has 1 aromatic heterocycles. The molecule has 3 aromatic rings. The highest BCUT2D eigenvalue weighted by molar-refractivity contribution is 5.59. The third kappa shape index (κ3) is 5.91. The lowest BCUT2D eigenvalue weighted by atomic mass is 9.96. The standard InChI is InChI=1S/C28H31FN2/c1-19(2)18-27(21(5)20(3)4)31-28(23-10-7-6-8-11-23)26-13-9-12-25(30-26)22-14-16-24(29)17-15-22/h6-20,28,31H,5H2,1-4H3/b27-18-. The Morgan fingerprint density at radius 2 is 1.58 bits per heavy atom. The molecule has 1 heterocycles. The maximum Gasteiger partial charge on any atom is 0.123 e. The second-order valence-corrected chi connectivity index (χ2v) is 8.45. The van der Waals surface area contributed by atoms with Crippen LogP contribution in [0.2, 0.25) is 0 Å². The van der Waals surface area contributed by atoms with E-state index < -0.39 is 0 Å². The monoisotopic (exact) mass is 414 g/mol. The molecule has 1 N–H and O–H groups in total. The van der Waals surface area contributed by atoms with Crippen molar-refractivity contribution < 1.29 is 4.39 Å². The molecule has 0 radical (unpaired) electrons. The van der Waals surface area contributed by atoms with Crippen molar-refractivity contribution in [3.8, 4) is 11.3 Å². The van der Waals surface area contributed by atoms with Crippen LogP contribution in [0.1, 0.15) is 45.0 Å². The van der Waals surface area contributed by atoms with Crippen LogP contribution < -0.4 is 5.32 Å². The van der Waals surface area contributed by atoms with Crippen molar-refractivity contribution >= 4 is 0 Å². The van der Waals surface area contributed by atoms with E-state index in [0.29, 0.717) is 11.8 Å². The van der Waals surface area contributed by atoms with Gasteiger partial charge in [-0.3, -0.25) is 4.98 Å². The number of aromatic nitrogens is 1. The molecule has 0 spiro atoms. The van der Waals surface area contributed by atoms with E-state index in [1.807, 2.05) is 36.4 Å². The lowest BCUT2D eigenvalue weighted by Crippen LogP contribution is -2.25. The Morgan fingerprint density at radius 3 is 2.19 bits per heavy atom. The quantitative estimate of drug-likeness (QED) is 0.391. The first-order valence-corrected chi connectivity index (χ1v) is 10.8. The number of pyridine rings is 1. The van der Waals surface area contributed by atoms with Crippen molar-refractivity contribution in [3.63, 3.8) is 0 Å². The van der Waals surface area contributed by atoms with Crippen LogP contribution in [0.25, 0.3) is 11.3 Å². The molecule has 3 rings (SSSR count). The molecule has 160 valence electrons. The molecule has 0 fully saturated rings. The van der Waals surface area contributed by atoms with Crippen LogP contribution in [0.5, 0.6) is 0 Å². The second-order valence-electron chi connectivity index (χ2n) is 8.45. The minimum absolute atomic E-state index is 0.137. The van der Waals surface area contributed by atoms with E-state index in [4.69, 9.17) is 4.98 Å². The zero-order valence-electron chi connectivity index (χ0n) is 18.8. The van der Waals surface area contributed by atoms with Gasteiger partial charge in [0.25, 0.3) is 0 Å². The second kappa shape index (κ2) is 10.2. The topological polar surface area (TPSA) is 24.9 Å². The van der Waals surface area contributed by atoms with E-state index in [1.54, 1.807) is 12.1 Å². The molecule has 1 atom stereocenters. The summed E-state index contributed by atoms with van der Waals surface area (Å²) in [5.41, 5.74) is 5.85. The maximum absolute atomic E-state index is 13.4. The number of benzene rings is 2. The van der Waals surface area contributed by atoms with Crippen LogP contribution in [0.3, 0.4) is 0 Å². The third-order valence-corrected chi connectivity index (χ3v) is 5.18. The Kier molecular flexibility index (Phi) is 7.41. The van der Waals surface area contributed by atoms with Gasteiger partial charge in [0.1, 0.15) is 5.82 Å². The van der Waals surface area contributed by atoms with Gasteiger partial charge in [0.05, 0.1) is 17.4 Å². The number of rotatable bonds is 8. The Morgan fingerprint density at radius 1 is 0.903 bits per heavy atom. The van der Waals surface area contributed by atoms with Gasteiger partial charge in [-0.15, -0.1) is 0 Å². The van der Waals surface area contributed by atoms with Crippen LogP contribution in [0.4, 0.5) is 4.39 Å².